The minimum absolute atomic E-state index is 0.0357. The average Bonchev–Trinajstić information content (AvgIpc) is 2.86. The second kappa shape index (κ2) is 12.7. The summed E-state index contributed by atoms with van der Waals surface area (Å²) < 4.78 is 33.2. The molecule has 37 heavy (non-hydrogen) atoms. The Labute approximate surface area is 215 Å². The van der Waals surface area contributed by atoms with E-state index in [2.05, 4.69) is 15.8 Å². The molecule has 0 unspecified atom stereocenters. The number of hydrogen-bond donors (Lipinski definition) is 3. The molecule has 0 bridgehead atoms. The van der Waals surface area contributed by atoms with Gasteiger partial charge < -0.3 is 15.2 Å². The van der Waals surface area contributed by atoms with Crippen molar-refractivity contribution in [1.29, 1.82) is 0 Å². The number of para-hydroxylation sites is 1. The number of carbonyl (C=O) groups excluding carboxylic acids is 2. The first-order valence-corrected chi connectivity index (χ1v) is 12.8. The van der Waals surface area contributed by atoms with Gasteiger partial charge in [0, 0.05) is 24.7 Å². The highest BCUT2D eigenvalue weighted by molar-refractivity contribution is 7.89. The third-order valence-electron chi connectivity index (χ3n) is 5.06. The maximum Gasteiger partial charge on any atom is 0.255 e. The van der Waals surface area contributed by atoms with E-state index in [1.54, 1.807) is 55.5 Å². The van der Waals surface area contributed by atoms with Gasteiger partial charge >= 0.3 is 0 Å². The van der Waals surface area contributed by atoms with Crippen molar-refractivity contribution in [3.8, 4) is 11.5 Å². The van der Waals surface area contributed by atoms with Gasteiger partial charge in [0.15, 0.2) is 11.5 Å². The smallest absolute Gasteiger partial charge is 0.255 e. The molecule has 0 saturated carbocycles. The number of hydrogen-bond acceptors (Lipinski definition) is 7. The second-order valence-electron chi connectivity index (χ2n) is 7.88. The molecule has 0 aliphatic heterocycles. The molecule has 2 amide bonds. The van der Waals surface area contributed by atoms with Crippen LogP contribution in [0.5, 0.6) is 11.5 Å². The van der Waals surface area contributed by atoms with Crippen LogP contribution in [0.2, 0.25) is 0 Å². The van der Waals surface area contributed by atoms with Crippen LogP contribution in [0.4, 0.5) is 5.69 Å². The van der Waals surface area contributed by atoms with Crippen LogP contribution in [0.3, 0.4) is 0 Å². The normalized spacial score (nSPS) is 11.4. The molecule has 0 aliphatic carbocycles. The number of nitrogens with one attached hydrogen (secondary N) is 2. The summed E-state index contributed by atoms with van der Waals surface area (Å²) >= 11 is 0. The maximum absolute atomic E-state index is 13.4. The Hall–Kier alpha value is -4.22. The van der Waals surface area contributed by atoms with Gasteiger partial charge in [-0.25, -0.2) is 13.8 Å². The second-order valence-corrected chi connectivity index (χ2v) is 9.82. The minimum atomic E-state index is -4.08. The van der Waals surface area contributed by atoms with Gasteiger partial charge in [-0.1, -0.05) is 36.4 Å². The molecule has 3 aromatic carbocycles. The Kier molecular flexibility index (Phi) is 9.36. The van der Waals surface area contributed by atoms with Crippen LogP contribution in [0.1, 0.15) is 25.0 Å². The molecule has 0 heterocycles. The van der Waals surface area contributed by atoms with Gasteiger partial charge in [0.25, 0.3) is 5.91 Å². The highest BCUT2D eigenvalue weighted by atomic mass is 32.2. The lowest BCUT2D eigenvalue weighted by Gasteiger charge is -2.21. The molecular formula is C26H28N4O6S. The summed E-state index contributed by atoms with van der Waals surface area (Å²) in [5.41, 5.74) is 3.76. The maximum atomic E-state index is 13.4. The predicted molar refractivity (Wildman–Crippen MR) is 140 cm³/mol. The average molecular weight is 525 g/mol. The Bertz CT molecular complexity index is 1360. The number of phenolic OH excluding ortho intramolecular Hbond substituents is 1. The Morgan fingerprint density at radius 1 is 1.03 bits per heavy atom. The fraction of sp³-hybridized carbons (Fsp3) is 0.192. The van der Waals surface area contributed by atoms with Crippen molar-refractivity contribution >= 4 is 33.7 Å². The van der Waals surface area contributed by atoms with E-state index in [4.69, 9.17) is 4.74 Å². The predicted octanol–water partition coefficient (Wildman–Crippen LogP) is 3.09. The first-order chi connectivity index (χ1) is 17.7. The van der Waals surface area contributed by atoms with Gasteiger partial charge in [-0.2, -0.15) is 9.41 Å². The van der Waals surface area contributed by atoms with Gasteiger partial charge in [-0.05, 0) is 48.9 Å². The van der Waals surface area contributed by atoms with Crippen LogP contribution >= 0.6 is 0 Å². The monoisotopic (exact) mass is 524 g/mol. The molecule has 0 atom stereocenters. The molecule has 3 rings (SSSR count). The zero-order valence-corrected chi connectivity index (χ0v) is 21.2. The van der Waals surface area contributed by atoms with Crippen molar-refractivity contribution in [3.05, 3.63) is 83.9 Å². The number of aromatic hydroxyl groups is 1. The Balaban J connectivity index is 1.78. The zero-order chi connectivity index (χ0) is 26.8. The summed E-state index contributed by atoms with van der Waals surface area (Å²) in [4.78, 5) is 23.9. The van der Waals surface area contributed by atoms with Crippen LogP contribution < -0.4 is 15.5 Å². The first kappa shape index (κ1) is 27.4. The largest absolute Gasteiger partial charge is 0.504 e. The summed E-state index contributed by atoms with van der Waals surface area (Å²) in [6.45, 7) is 2.95. The highest BCUT2D eigenvalue weighted by Gasteiger charge is 2.27. The lowest BCUT2D eigenvalue weighted by molar-refractivity contribution is -0.121. The number of benzene rings is 3. The van der Waals surface area contributed by atoms with Crippen molar-refractivity contribution in [2.75, 3.05) is 18.5 Å². The lowest BCUT2D eigenvalue weighted by Crippen LogP contribution is -2.39. The molecule has 0 spiro atoms. The SMILES string of the molecule is CCOc1cccc(/C=N\NC(=O)CN(Cc2ccccc2)S(=O)(=O)c2ccc(NC(C)=O)cc2)c1O. The van der Waals surface area contributed by atoms with E-state index in [1.165, 1.54) is 37.4 Å². The topological polar surface area (TPSA) is 137 Å². The van der Waals surface area contributed by atoms with E-state index >= 15 is 0 Å². The molecular weight excluding hydrogens is 496 g/mol. The molecule has 0 radical (unpaired) electrons. The van der Waals surface area contributed by atoms with Crippen LogP contribution in [0.25, 0.3) is 0 Å². The fourth-order valence-electron chi connectivity index (χ4n) is 3.36. The molecule has 0 aromatic heterocycles. The molecule has 194 valence electrons. The van der Waals surface area contributed by atoms with Crippen molar-refractivity contribution in [2.45, 2.75) is 25.3 Å². The third kappa shape index (κ3) is 7.63. The Morgan fingerprint density at radius 2 is 1.73 bits per heavy atom. The third-order valence-corrected chi connectivity index (χ3v) is 6.86. The minimum Gasteiger partial charge on any atom is -0.504 e. The van der Waals surface area contributed by atoms with E-state index < -0.39 is 22.5 Å². The molecule has 0 saturated heterocycles. The number of phenols is 1. The zero-order valence-electron chi connectivity index (χ0n) is 20.4. The summed E-state index contributed by atoms with van der Waals surface area (Å²) in [6, 6.07) is 19.4. The standard InChI is InChI=1S/C26H28N4O6S/c1-3-36-24-11-7-10-21(26(24)33)16-27-29-25(32)18-30(17-20-8-5-4-6-9-20)37(34,35)23-14-12-22(13-15-23)28-19(2)31/h4-16,33H,3,17-18H2,1-2H3,(H,28,31)(H,29,32)/b27-16-. The number of ether oxygens (including phenoxy) is 1. The fourth-order valence-corrected chi connectivity index (χ4v) is 4.74. The van der Waals surface area contributed by atoms with Crippen LogP contribution in [-0.4, -0.2) is 49.0 Å². The summed E-state index contributed by atoms with van der Waals surface area (Å²) in [6.07, 6.45) is 1.24. The van der Waals surface area contributed by atoms with E-state index in [0.29, 0.717) is 23.4 Å². The number of anilines is 1. The van der Waals surface area contributed by atoms with E-state index in [-0.39, 0.29) is 28.8 Å². The van der Waals surface area contributed by atoms with Crippen molar-refractivity contribution in [1.82, 2.24) is 9.73 Å². The number of carbonyl (C=O) groups is 2. The van der Waals surface area contributed by atoms with Gasteiger partial charge in [0.1, 0.15) is 0 Å². The van der Waals surface area contributed by atoms with Gasteiger partial charge in [0.2, 0.25) is 15.9 Å². The number of sulfonamides is 1. The quantitative estimate of drug-likeness (QED) is 0.260. The highest BCUT2D eigenvalue weighted by Crippen LogP contribution is 2.28. The number of rotatable bonds is 11. The van der Waals surface area contributed by atoms with Crippen molar-refractivity contribution < 1.29 is 27.9 Å². The lowest BCUT2D eigenvalue weighted by atomic mass is 10.2. The summed E-state index contributed by atoms with van der Waals surface area (Å²) in [5, 5.41) is 16.7. The van der Waals surface area contributed by atoms with E-state index in [9.17, 15) is 23.1 Å². The van der Waals surface area contributed by atoms with E-state index in [0.717, 1.165) is 4.31 Å². The van der Waals surface area contributed by atoms with Gasteiger partial charge in [-0.15, -0.1) is 0 Å². The van der Waals surface area contributed by atoms with E-state index in [1.807, 2.05) is 0 Å². The molecule has 10 nitrogen and oxygen atoms in total. The molecule has 0 fully saturated rings. The number of nitrogens with zero attached hydrogens (tertiary/aromatic N) is 2. The summed E-state index contributed by atoms with van der Waals surface area (Å²) in [5.74, 6) is -0.802. The van der Waals surface area contributed by atoms with Crippen molar-refractivity contribution in [3.63, 3.8) is 0 Å². The van der Waals surface area contributed by atoms with Crippen molar-refractivity contribution in [2.24, 2.45) is 5.10 Å². The molecule has 3 N–H and O–H groups in total. The number of amides is 2. The summed E-state index contributed by atoms with van der Waals surface area (Å²) in [7, 11) is -4.08. The van der Waals surface area contributed by atoms with Gasteiger partial charge in [-0.3, -0.25) is 9.59 Å². The first-order valence-electron chi connectivity index (χ1n) is 11.4. The van der Waals surface area contributed by atoms with Gasteiger partial charge in [0.05, 0.1) is 24.3 Å². The molecule has 3 aromatic rings. The molecule has 11 heteroatoms. The van der Waals surface area contributed by atoms with Crippen LogP contribution in [-0.2, 0) is 26.2 Å². The Morgan fingerprint density at radius 3 is 2.38 bits per heavy atom. The van der Waals surface area contributed by atoms with Crippen LogP contribution in [0.15, 0.2) is 82.8 Å². The number of hydrazone groups is 1. The van der Waals surface area contributed by atoms with Crippen LogP contribution in [0, 0.1) is 0 Å². The molecule has 0 aliphatic rings.